The highest BCUT2D eigenvalue weighted by molar-refractivity contribution is 6.73. The van der Waals surface area contributed by atoms with Gasteiger partial charge in [-0.1, -0.05) is 37.2 Å². The molecule has 17 heavy (non-hydrogen) atoms. The van der Waals surface area contributed by atoms with Crippen LogP contribution in [0.2, 0.25) is 12.1 Å². The van der Waals surface area contributed by atoms with Crippen LogP contribution in [0.25, 0.3) is 0 Å². The summed E-state index contributed by atoms with van der Waals surface area (Å²) >= 11 is 0. The molecule has 0 heterocycles. The van der Waals surface area contributed by atoms with Gasteiger partial charge >= 0.3 is 11.9 Å². The third-order valence-electron chi connectivity index (χ3n) is 2.74. The second-order valence-corrected chi connectivity index (χ2v) is 6.88. The molecule has 4 nitrogen and oxygen atoms in total. The van der Waals surface area contributed by atoms with E-state index in [0.29, 0.717) is 0 Å². The molecule has 1 aromatic carbocycles. The van der Waals surface area contributed by atoms with Crippen molar-refractivity contribution in [2.45, 2.75) is 25.9 Å². The first-order valence-electron chi connectivity index (χ1n) is 5.46. The Hall–Kier alpha value is -1.62. The first-order chi connectivity index (χ1) is 8.01. The lowest BCUT2D eigenvalue weighted by atomic mass is 10.1. The molecule has 0 spiro atoms. The van der Waals surface area contributed by atoms with Crippen LogP contribution in [-0.2, 0) is 0 Å². The molecule has 0 unspecified atom stereocenters. The van der Waals surface area contributed by atoms with Crippen LogP contribution in [0.3, 0.4) is 0 Å². The molecule has 0 fully saturated rings. The second kappa shape index (κ2) is 5.63. The van der Waals surface area contributed by atoms with E-state index in [1.54, 1.807) is 6.07 Å². The molecule has 91 valence electrons. The van der Waals surface area contributed by atoms with Crippen molar-refractivity contribution in [3.05, 3.63) is 29.3 Å². The molecule has 0 aliphatic rings. The van der Waals surface area contributed by atoms with Gasteiger partial charge in [-0.3, -0.25) is 0 Å². The number of carbonyl (C=O) groups is 2. The van der Waals surface area contributed by atoms with Crippen molar-refractivity contribution in [2.75, 3.05) is 0 Å². The van der Waals surface area contributed by atoms with E-state index in [9.17, 15) is 9.59 Å². The summed E-state index contributed by atoms with van der Waals surface area (Å²) < 4.78 is 0. The van der Waals surface area contributed by atoms with Crippen molar-refractivity contribution in [1.29, 1.82) is 0 Å². The van der Waals surface area contributed by atoms with Crippen molar-refractivity contribution in [3.8, 4) is 0 Å². The fourth-order valence-electron chi connectivity index (χ4n) is 1.79. The summed E-state index contributed by atoms with van der Waals surface area (Å²) in [6.07, 6.45) is 0. The van der Waals surface area contributed by atoms with E-state index < -0.39 is 20.7 Å². The number of carboxylic acids is 2. The Kier molecular flexibility index (Phi) is 4.45. The van der Waals surface area contributed by atoms with Gasteiger partial charge in [0.05, 0.1) is 19.9 Å². The highest BCUT2D eigenvalue weighted by Crippen LogP contribution is 2.10. The molecular formula is C12H15O4Si. The van der Waals surface area contributed by atoms with E-state index >= 15 is 0 Å². The van der Waals surface area contributed by atoms with Crippen LogP contribution in [0.15, 0.2) is 18.2 Å². The van der Waals surface area contributed by atoms with Crippen LogP contribution in [0, 0.1) is 0 Å². The first kappa shape index (κ1) is 13.4. The fraction of sp³-hybridized carbons (Fsp3) is 0.333. The number of hydrogen-bond acceptors (Lipinski definition) is 2. The maximum absolute atomic E-state index is 11.0. The molecule has 1 radical (unpaired) electrons. The predicted octanol–water partition coefficient (Wildman–Crippen LogP) is 1.82. The third-order valence-corrected chi connectivity index (χ3v) is 5.58. The van der Waals surface area contributed by atoms with E-state index in [2.05, 4.69) is 13.8 Å². The zero-order valence-electron chi connectivity index (χ0n) is 9.86. The Balaban J connectivity index is 3.27. The lowest BCUT2D eigenvalue weighted by Gasteiger charge is -2.12. The van der Waals surface area contributed by atoms with Crippen molar-refractivity contribution in [1.82, 2.24) is 0 Å². The Morgan fingerprint density at radius 1 is 1.06 bits per heavy atom. The van der Waals surface area contributed by atoms with Gasteiger partial charge in [-0.2, -0.15) is 0 Å². The van der Waals surface area contributed by atoms with Crippen molar-refractivity contribution >= 4 is 25.9 Å². The molecule has 1 rings (SSSR count). The molecule has 2 N–H and O–H groups in total. The van der Waals surface area contributed by atoms with Gasteiger partial charge in [-0.05, 0) is 12.1 Å². The average molecular weight is 251 g/mol. The van der Waals surface area contributed by atoms with Gasteiger partial charge in [0.2, 0.25) is 0 Å². The smallest absolute Gasteiger partial charge is 0.336 e. The predicted molar refractivity (Wildman–Crippen MR) is 66.7 cm³/mol. The van der Waals surface area contributed by atoms with Crippen LogP contribution in [-0.4, -0.2) is 30.9 Å². The third kappa shape index (κ3) is 2.94. The lowest BCUT2D eigenvalue weighted by Crippen LogP contribution is -2.29. The molecule has 0 saturated heterocycles. The average Bonchev–Trinajstić information content (AvgIpc) is 2.30. The van der Waals surface area contributed by atoms with E-state index in [-0.39, 0.29) is 11.1 Å². The molecule has 0 bridgehead atoms. The van der Waals surface area contributed by atoms with Crippen LogP contribution in [0.1, 0.15) is 34.6 Å². The maximum atomic E-state index is 11.0. The molecule has 1 aromatic rings. The number of aromatic carboxylic acids is 2. The van der Waals surface area contributed by atoms with Crippen molar-refractivity contribution < 1.29 is 19.8 Å². The van der Waals surface area contributed by atoms with Gasteiger partial charge in [0.25, 0.3) is 0 Å². The van der Waals surface area contributed by atoms with E-state index in [1.807, 2.05) is 0 Å². The number of rotatable bonds is 5. The topological polar surface area (TPSA) is 74.6 Å². The molecule has 0 amide bonds. The van der Waals surface area contributed by atoms with Crippen LogP contribution >= 0.6 is 0 Å². The fourth-order valence-corrected chi connectivity index (χ4v) is 3.77. The summed E-state index contributed by atoms with van der Waals surface area (Å²) in [6, 6.07) is 6.68. The molecule has 0 aromatic heterocycles. The minimum atomic E-state index is -1.20. The highest BCUT2D eigenvalue weighted by atomic mass is 28.3. The summed E-state index contributed by atoms with van der Waals surface area (Å²) in [5.74, 6) is -2.38. The van der Waals surface area contributed by atoms with Gasteiger partial charge in [-0.15, -0.1) is 0 Å². The minimum Gasteiger partial charge on any atom is -0.478 e. The summed E-state index contributed by atoms with van der Waals surface area (Å²) in [5, 5.41) is 18.9. The molecular weight excluding hydrogens is 236 g/mol. The largest absolute Gasteiger partial charge is 0.478 e. The first-order valence-corrected chi connectivity index (χ1v) is 7.38. The van der Waals surface area contributed by atoms with Gasteiger partial charge in [-0.25, -0.2) is 9.59 Å². The molecule has 5 heteroatoms. The minimum absolute atomic E-state index is 0.112. The number of benzene rings is 1. The monoisotopic (exact) mass is 251 g/mol. The normalized spacial score (nSPS) is 10.5. The molecule has 0 aliphatic heterocycles. The van der Waals surface area contributed by atoms with Gasteiger partial charge in [0.1, 0.15) is 0 Å². The van der Waals surface area contributed by atoms with Gasteiger partial charge < -0.3 is 10.2 Å². The van der Waals surface area contributed by atoms with Crippen LogP contribution in [0.4, 0.5) is 0 Å². The Morgan fingerprint density at radius 3 is 2.00 bits per heavy atom. The highest BCUT2D eigenvalue weighted by Gasteiger charge is 2.18. The van der Waals surface area contributed by atoms with E-state index in [4.69, 9.17) is 10.2 Å². The number of carboxylic acid groups (broad SMARTS) is 2. The Bertz CT molecular complexity index is 438. The lowest BCUT2D eigenvalue weighted by molar-refractivity contribution is 0.0651. The summed E-state index contributed by atoms with van der Waals surface area (Å²) in [4.78, 5) is 21.9. The zero-order valence-corrected chi connectivity index (χ0v) is 10.9. The SMILES string of the molecule is CC[Si](CC)c1ccc(C(=O)O)c(C(=O)O)c1. The van der Waals surface area contributed by atoms with Crippen molar-refractivity contribution in [3.63, 3.8) is 0 Å². The standard InChI is InChI=1S/C12H15O4Si/c1-3-17(4-2)8-5-6-9(11(13)14)10(7-8)12(15)16/h5-7H,3-4H2,1-2H3,(H,13,14)(H,15,16). The van der Waals surface area contributed by atoms with Gasteiger partial charge in [0.15, 0.2) is 0 Å². The second-order valence-electron chi connectivity index (χ2n) is 3.68. The summed E-state index contributed by atoms with van der Waals surface area (Å²) in [7, 11) is -0.754. The Labute approximate surface area is 102 Å². The Morgan fingerprint density at radius 2 is 1.59 bits per heavy atom. The molecule has 0 atom stereocenters. The van der Waals surface area contributed by atoms with E-state index in [0.717, 1.165) is 17.3 Å². The quantitative estimate of drug-likeness (QED) is 0.783. The van der Waals surface area contributed by atoms with Crippen molar-refractivity contribution in [2.24, 2.45) is 0 Å². The molecule has 0 aliphatic carbocycles. The van der Waals surface area contributed by atoms with Crippen LogP contribution in [0.5, 0.6) is 0 Å². The number of hydrogen-bond donors (Lipinski definition) is 2. The van der Waals surface area contributed by atoms with Gasteiger partial charge in [0, 0.05) is 0 Å². The summed E-state index contributed by atoms with van der Waals surface area (Å²) in [5.41, 5.74) is -0.255. The maximum Gasteiger partial charge on any atom is 0.336 e. The molecule has 0 saturated carbocycles. The van der Waals surface area contributed by atoms with E-state index in [1.165, 1.54) is 12.1 Å². The zero-order chi connectivity index (χ0) is 13.0. The summed E-state index contributed by atoms with van der Waals surface area (Å²) in [6.45, 7) is 4.15. The van der Waals surface area contributed by atoms with Crippen LogP contribution < -0.4 is 5.19 Å².